The maximum absolute atomic E-state index is 11.7. The van der Waals surface area contributed by atoms with Gasteiger partial charge in [-0.2, -0.15) is 5.10 Å². The smallest absolute Gasteiger partial charge is 0.242 e. The number of H-pyrrole nitrogens is 1. The van der Waals surface area contributed by atoms with E-state index in [1.54, 1.807) is 0 Å². The van der Waals surface area contributed by atoms with Crippen LogP contribution in [0.25, 0.3) is 0 Å². The second-order valence-corrected chi connectivity index (χ2v) is 4.75. The van der Waals surface area contributed by atoms with Gasteiger partial charge in [0.2, 0.25) is 5.91 Å². The lowest BCUT2D eigenvalue weighted by Crippen LogP contribution is -2.36. The normalized spacial score (nSPS) is 12.8. The SMILES string of the molecule is CCCc1cc(NC(=O)[C@@H](N)CC(C)C)n[nH]1. The van der Waals surface area contributed by atoms with Crippen LogP contribution in [0.4, 0.5) is 5.82 Å². The molecule has 0 fully saturated rings. The molecule has 1 aromatic heterocycles. The average Bonchev–Trinajstić information content (AvgIpc) is 2.65. The maximum Gasteiger partial charge on any atom is 0.242 e. The summed E-state index contributed by atoms with van der Waals surface area (Å²) in [5.41, 5.74) is 6.81. The number of hydrogen-bond donors (Lipinski definition) is 3. The summed E-state index contributed by atoms with van der Waals surface area (Å²) in [6.45, 7) is 6.18. The van der Waals surface area contributed by atoms with Gasteiger partial charge in [-0.15, -0.1) is 0 Å². The highest BCUT2D eigenvalue weighted by molar-refractivity contribution is 5.93. The number of carbonyl (C=O) groups excluding carboxylic acids is 1. The first kappa shape index (κ1) is 13.7. The molecule has 0 saturated carbocycles. The van der Waals surface area contributed by atoms with E-state index >= 15 is 0 Å². The van der Waals surface area contributed by atoms with Crippen LogP contribution in [0.2, 0.25) is 0 Å². The number of hydrogen-bond acceptors (Lipinski definition) is 3. The minimum atomic E-state index is -0.471. The highest BCUT2D eigenvalue weighted by Gasteiger charge is 2.15. The first-order valence-corrected chi connectivity index (χ1v) is 6.13. The van der Waals surface area contributed by atoms with Crippen molar-refractivity contribution in [3.63, 3.8) is 0 Å². The monoisotopic (exact) mass is 238 g/mol. The maximum atomic E-state index is 11.7. The molecule has 1 heterocycles. The Balaban J connectivity index is 2.49. The lowest BCUT2D eigenvalue weighted by Gasteiger charge is -2.12. The van der Waals surface area contributed by atoms with E-state index in [0.717, 1.165) is 18.5 Å². The molecule has 0 aliphatic rings. The number of nitrogens with one attached hydrogen (secondary N) is 2. The Kier molecular flexibility index (Phi) is 5.15. The van der Waals surface area contributed by atoms with Crippen molar-refractivity contribution in [1.29, 1.82) is 0 Å². The van der Waals surface area contributed by atoms with E-state index in [1.165, 1.54) is 0 Å². The summed E-state index contributed by atoms with van der Waals surface area (Å²) in [7, 11) is 0. The fourth-order valence-corrected chi connectivity index (χ4v) is 1.66. The van der Waals surface area contributed by atoms with Crippen molar-refractivity contribution >= 4 is 11.7 Å². The molecule has 0 bridgehead atoms. The first-order chi connectivity index (χ1) is 8.02. The Bertz CT molecular complexity index is 359. The summed E-state index contributed by atoms with van der Waals surface area (Å²) < 4.78 is 0. The number of rotatable bonds is 6. The van der Waals surface area contributed by atoms with Crippen molar-refractivity contribution in [3.05, 3.63) is 11.8 Å². The quantitative estimate of drug-likeness (QED) is 0.705. The number of nitrogens with two attached hydrogens (primary N) is 1. The van der Waals surface area contributed by atoms with E-state index in [-0.39, 0.29) is 5.91 Å². The lowest BCUT2D eigenvalue weighted by molar-refractivity contribution is -0.117. The summed E-state index contributed by atoms with van der Waals surface area (Å²) >= 11 is 0. The Morgan fingerprint density at radius 3 is 2.88 bits per heavy atom. The van der Waals surface area contributed by atoms with Crippen LogP contribution in [0.1, 0.15) is 39.3 Å². The predicted octanol–water partition coefficient (Wildman–Crippen LogP) is 1.67. The predicted molar refractivity (Wildman–Crippen MR) is 68.6 cm³/mol. The van der Waals surface area contributed by atoms with Crippen LogP contribution < -0.4 is 11.1 Å². The molecule has 1 atom stereocenters. The third-order valence-corrected chi connectivity index (χ3v) is 2.46. The van der Waals surface area contributed by atoms with Crippen LogP contribution >= 0.6 is 0 Å². The topological polar surface area (TPSA) is 83.8 Å². The van der Waals surface area contributed by atoms with Crippen LogP contribution in [0.3, 0.4) is 0 Å². The molecule has 96 valence electrons. The van der Waals surface area contributed by atoms with Crippen molar-refractivity contribution in [1.82, 2.24) is 10.2 Å². The largest absolute Gasteiger partial charge is 0.320 e. The van der Waals surface area contributed by atoms with E-state index in [9.17, 15) is 4.79 Å². The van der Waals surface area contributed by atoms with Gasteiger partial charge >= 0.3 is 0 Å². The number of aryl methyl sites for hydroxylation is 1. The number of aromatic nitrogens is 2. The molecule has 0 aliphatic heterocycles. The molecule has 1 aromatic rings. The van der Waals surface area contributed by atoms with Gasteiger partial charge in [-0.1, -0.05) is 27.2 Å². The highest BCUT2D eigenvalue weighted by atomic mass is 16.2. The summed E-state index contributed by atoms with van der Waals surface area (Å²) in [5, 5.41) is 9.63. The molecule has 0 aliphatic carbocycles. The molecule has 5 nitrogen and oxygen atoms in total. The number of aromatic amines is 1. The second-order valence-electron chi connectivity index (χ2n) is 4.75. The minimum absolute atomic E-state index is 0.173. The number of carbonyl (C=O) groups is 1. The Labute approximate surface area is 102 Å². The number of anilines is 1. The van der Waals surface area contributed by atoms with E-state index in [0.29, 0.717) is 18.2 Å². The van der Waals surface area contributed by atoms with Crippen LogP contribution in [-0.2, 0) is 11.2 Å². The zero-order chi connectivity index (χ0) is 12.8. The van der Waals surface area contributed by atoms with Gasteiger partial charge in [0.25, 0.3) is 0 Å². The van der Waals surface area contributed by atoms with Gasteiger partial charge in [0.05, 0.1) is 6.04 Å². The van der Waals surface area contributed by atoms with Crippen LogP contribution in [0.15, 0.2) is 6.07 Å². The fourth-order valence-electron chi connectivity index (χ4n) is 1.66. The second kappa shape index (κ2) is 6.39. The molecule has 4 N–H and O–H groups in total. The lowest BCUT2D eigenvalue weighted by atomic mass is 10.0. The summed E-state index contributed by atoms with van der Waals surface area (Å²) in [5.74, 6) is 0.788. The van der Waals surface area contributed by atoms with Gasteiger partial charge in [0.1, 0.15) is 0 Å². The van der Waals surface area contributed by atoms with Crippen LogP contribution in [0.5, 0.6) is 0 Å². The van der Waals surface area contributed by atoms with Crippen molar-refractivity contribution in [2.24, 2.45) is 11.7 Å². The fraction of sp³-hybridized carbons (Fsp3) is 0.667. The zero-order valence-corrected chi connectivity index (χ0v) is 10.8. The van der Waals surface area contributed by atoms with E-state index in [2.05, 4.69) is 22.4 Å². The van der Waals surface area contributed by atoms with Crippen molar-refractivity contribution < 1.29 is 4.79 Å². The minimum Gasteiger partial charge on any atom is -0.320 e. The van der Waals surface area contributed by atoms with Gasteiger partial charge in [0.15, 0.2) is 5.82 Å². The molecule has 0 radical (unpaired) electrons. The Morgan fingerprint density at radius 1 is 1.59 bits per heavy atom. The highest BCUT2D eigenvalue weighted by Crippen LogP contribution is 2.09. The van der Waals surface area contributed by atoms with Gasteiger partial charge in [0, 0.05) is 11.8 Å². The van der Waals surface area contributed by atoms with Crippen LogP contribution in [0, 0.1) is 5.92 Å². The van der Waals surface area contributed by atoms with Crippen LogP contribution in [-0.4, -0.2) is 22.1 Å². The standard InChI is InChI=1S/C12H22N4O/c1-4-5-9-7-11(16-15-9)14-12(17)10(13)6-8(2)3/h7-8,10H,4-6,13H2,1-3H3,(H2,14,15,16,17)/t10-/m0/s1. The molecule has 5 heteroatoms. The molecule has 17 heavy (non-hydrogen) atoms. The van der Waals surface area contributed by atoms with Gasteiger partial charge in [-0.25, -0.2) is 0 Å². The third kappa shape index (κ3) is 4.56. The van der Waals surface area contributed by atoms with Crippen molar-refractivity contribution in [2.75, 3.05) is 5.32 Å². The molecule has 0 unspecified atom stereocenters. The third-order valence-electron chi connectivity index (χ3n) is 2.46. The Hall–Kier alpha value is -1.36. The van der Waals surface area contributed by atoms with Crippen molar-refractivity contribution in [2.45, 2.75) is 46.1 Å². The zero-order valence-electron chi connectivity index (χ0n) is 10.8. The molecule has 0 saturated heterocycles. The van der Waals surface area contributed by atoms with Gasteiger partial charge in [-0.3, -0.25) is 9.89 Å². The molecular formula is C12H22N4O. The van der Waals surface area contributed by atoms with E-state index < -0.39 is 6.04 Å². The summed E-state index contributed by atoms with van der Waals surface area (Å²) in [6, 6.07) is 1.38. The molecular weight excluding hydrogens is 216 g/mol. The van der Waals surface area contributed by atoms with Gasteiger partial charge in [-0.05, 0) is 18.8 Å². The van der Waals surface area contributed by atoms with E-state index in [4.69, 9.17) is 5.73 Å². The Morgan fingerprint density at radius 2 is 2.29 bits per heavy atom. The molecule has 1 amide bonds. The first-order valence-electron chi connectivity index (χ1n) is 6.13. The number of amides is 1. The summed E-state index contributed by atoms with van der Waals surface area (Å²) in [6.07, 6.45) is 2.65. The van der Waals surface area contributed by atoms with Crippen molar-refractivity contribution in [3.8, 4) is 0 Å². The molecule has 0 aromatic carbocycles. The summed E-state index contributed by atoms with van der Waals surface area (Å²) in [4.78, 5) is 11.7. The molecule has 1 rings (SSSR count). The number of nitrogens with zero attached hydrogens (tertiary/aromatic N) is 1. The van der Waals surface area contributed by atoms with E-state index in [1.807, 2.05) is 19.9 Å². The average molecular weight is 238 g/mol. The molecule has 0 spiro atoms. The van der Waals surface area contributed by atoms with Gasteiger partial charge < -0.3 is 11.1 Å².